The maximum atomic E-state index is 14.7. The Bertz CT molecular complexity index is 1050. The second-order valence-electron chi connectivity index (χ2n) is 6.58. The van der Waals surface area contributed by atoms with Crippen molar-refractivity contribution in [1.29, 1.82) is 0 Å². The maximum Gasteiger partial charge on any atom is 0.253 e. The van der Waals surface area contributed by atoms with Gasteiger partial charge in [0.15, 0.2) is 0 Å². The molecule has 1 aliphatic rings. The van der Waals surface area contributed by atoms with Gasteiger partial charge in [0, 0.05) is 25.4 Å². The van der Waals surface area contributed by atoms with Crippen LogP contribution in [0.25, 0.3) is 11.0 Å². The zero-order chi connectivity index (χ0) is 18.4. The smallest absolute Gasteiger partial charge is 0.253 e. The van der Waals surface area contributed by atoms with Crippen molar-refractivity contribution in [2.75, 3.05) is 19.4 Å². The SMILES string of the molecule is CC1=C(C(=O)N(C)C)[C@@H](c2ccccc2F)n2c(nc3ccccc32)N1. The van der Waals surface area contributed by atoms with Gasteiger partial charge in [-0.3, -0.25) is 9.36 Å². The van der Waals surface area contributed by atoms with Gasteiger partial charge in [-0.25, -0.2) is 9.37 Å². The Balaban J connectivity index is 2.04. The van der Waals surface area contributed by atoms with Crippen molar-refractivity contribution in [3.8, 4) is 0 Å². The van der Waals surface area contributed by atoms with Crippen LogP contribution in [0, 0.1) is 5.82 Å². The third-order valence-corrected chi connectivity index (χ3v) is 4.67. The average molecular weight is 350 g/mol. The predicted molar refractivity (Wildman–Crippen MR) is 99.3 cm³/mol. The number of halogens is 1. The molecule has 4 rings (SSSR count). The van der Waals surface area contributed by atoms with Crippen LogP contribution in [0.3, 0.4) is 0 Å². The first-order valence-corrected chi connectivity index (χ1v) is 8.40. The number of hydrogen-bond acceptors (Lipinski definition) is 3. The number of carbonyl (C=O) groups is 1. The number of fused-ring (bicyclic) bond motifs is 3. The molecule has 0 saturated carbocycles. The van der Waals surface area contributed by atoms with Crippen molar-refractivity contribution in [2.45, 2.75) is 13.0 Å². The van der Waals surface area contributed by atoms with E-state index in [2.05, 4.69) is 10.3 Å². The van der Waals surface area contributed by atoms with Crippen LogP contribution in [0.2, 0.25) is 0 Å². The third-order valence-electron chi connectivity index (χ3n) is 4.67. The Morgan fingerprint density at radius 3 is 2.58 bits per heavy atom. The average Bonchev–Trinajstić information content (AvgIpc) is 2.98. The van der Waals surface area contributed by atoms with E-state index < -0.39 is 6.04 Å². The summed E-state index contributed by atoms with van der Waals surface area (Å²) in [6.07, 6.45) is 0. The normalized spacial score (nSPS) is 16.4. The maximum absolute atomic E-state index is 14.7. The topological polar surface area (TPSA) is 50.2 Å². The molecule has 0 radical (unpaired) electrons. The molecule has 0 bridgehead atoms. The molecule has 1 amide bonds. The van der Waals surface area contributed by atoms with Crippen LogP contribution >= 0.6 is 0 Å². The summed E-state index contributed by atoms with van der Waals surface area (Å²) in [4.78, 5) is 19.1. The number of likely N-dealkylation sites (N-methyl/N-ethyl adjacent to an activating group) is 1. The van der Waals surface area contributed by atoms with Gasteiger partial charge >= 0.3 is 0 Å². The first-order valence-electron chi connectivity index (χ1n) is 8.40. The minimum atomic E-state index is -0.588. The van der Waals surface area contributed by atoms with E-state index >= 15 is 0 Å². The van der Waals surface area contributed by atoms with Gasteiger partial charge in [0.2, 0.25) is 5.95 Å². The molecule has 0 fully saturated rings. The number of nitrogens with zero attached hydrogens (tertiary/aromatic N) is 3. The molecular weight excluding hydrogens is 331 g/mol. The lowest BCUT2D eigenvalue weighted by atomic mass is 9.93. The van der Waals surface area contributed by atoms with Crippen LogP contribution < -0.4 is 5.32 Å². The number of nitrogens with one attached hydrogen (secondary N) is 1. The van der Waals surface area contributed by atoms with Gasteiger partial charge in [0.1, 0.15) is 5.82 Å². The quantitative estimate of drug-likeness (QED) is 0.769. The zero-order valence-corrected chi connectivity index (χ0v) is 14.8. The molecular formula is C20H19FN4O. The van der Waals surface area contributed by atoms with Crippen molar-refractivity contribution in [2.24, 2.45) is 0 Å². The number of rotatable bonds is 2. The van der Waals surface area contributed by atoms with E-state index in [-0.39, 0.29) is 11.7 Å². The van der Waals surface area contributed by atoms with E-state index in [0.717, 1.165) is 11.0 Å². The van der Waals surface area contributed by atoms with Crippen LogP contribution in [0.5, 0.6) is 0 Å². The zero-order valence-electron chi connectivity index (χ0n) is 14.8. The summed E-state index contributed by atoms with van der Waals surface area (Å²) in [5.41, 5.74) is 3.28. The summed E-state index contributed by atoms with van der Waals surface area (Å²) < 4.78 is 16.6. The fraction of sp³-hybridized carbons (Fsp3) is 0.200. The van der Waals surface area contributed by atoms with Crippen molar-refractivity contribution in [3.63, 3.8) is 0 Å². The van der Waals surface area contributed by atoms with Crippen LogP contribution in [-0.2, 0) is 4.79 Å². The molecule has 0 spiro atoms. The standard InChI is InChI=1S/C20H19FN4O/c1-12-17(19(26)24(2)3)18(13-8-4-5-9-14(13)21)25-16-11-7-6-10-15(16)23-20(25)22-12/h4-11,18H,1-3H3,(H,22,23)/t18-/m1/s1. The molecule has 132 valence electrons. The van der Waals surface area contributed by atoms with Gasteiger partial charge in [0.25, 0.3) is 5.91 Å². The second-order valence-corrected chi connectivity index (χ2v) is 6.58. The van der Waals surface area contributed by atoms with Crippen LogP contribution in [0.15, 0.2) is 59.8 Å². The van der Waals surface area contributed by atoms with Gasteiger partial charge in [-0.15, -0.1) is 0 Å². The lowest BCUT2D eigenvalue weighted by Gasteiger charge is -2.32. The van der Waals surface area contributed by atoms with Crippen molar-refractivity contribution in [1.82, 2.24) is 14.5 Å². The van der Waals surface area contributed by atoms with Crippen molar-refractivity contribution in [3.05, 3.63) is 71.2 Å². The monoisotopic (exact) mass is 350 g/mol. The molecule has 3 aromatic rings. The highest BCUT2D eigenvalue weighted by atomic mass is 19.1. The van der Waals surface area contributed by atoms with E-state index in [1.807, 2.05) is 35.8 Å². The lowest BCUT2D eigenvalue weighted by molar-refractivity contribution is -0.125. The number of aromatic nitrogens is 2. The number of amides is 1. The third kappa shape index (κ3) is 2.37. The van der Waals surface area contributed by atoms with Gasteiger partial charge in [-0.05, 0) is 25.1 Å². The molecule has 1 atom stereocenters. The van der Waals surface area contributed by atoms with E-state index in [9.17, 15) is 9.18 Å². The molecule has 1 aliphatic heterocycles. The number of hydrogen-bond donors (Lipinski definition) is 1. The fourth-order valence-corrected chi connectivity index (χ4v) is 3.47. The summed E-state index contributed by atoms with van der Waals surface area (Å²) in [7, 11) is 3.39. The molecule has 5 nitrogen and oxygen atoms in total. The second kappa shape index (κ2) is 5.98. The molecule has 2 aromatic carbocycles. The molecule has 26 heavy (non-hydrogen) atoms. The molecule has 0 unspecified atom stereocenters. The molecule has 1 aromatic heterocycles. The summed E-state index contributed by atoms with van der Waals surface area (Å²) in [6, 6.07) is 13.6. The highest BCUT2D eigenvalue weighted by Crippen LogP contribution is 2.40. The minimum Gasteiger partial charge on any atom is -0.345 e. The van der Waals surface area contributed by atoms with Crippen LogP contribution in [0.1, 0.15) is 18.5 Å². The van der Waals surface area contributed by atoms with Gasteiger partial charge in [-0.2, -0.15) is 0 Å². The van der Waals surface area contributed by atoms with E-state index in [4.69, 9.17) is 0 Å². The Hall–Kier alpha value is -3.15. The van der Waals surface area contributed by atoms with Gasteiger partial charge in [0.05, 0.1) is 22.6 Å². The molecule has 0 aliphatic carbocycles. The highest BCUT2D eigenvalue weighted by molar-refractivity contribution is 5.97. The first kappa shape index (κ1) is 16.3. The predicted octanol–water partition coefficient (Wildman–Crippen LogP) is 3.55. The van der Waals surface area contributed by atoms with Crippen molar-refractivity contribution >= 4 is 22.9 Å². The highest BCUT2D eigenvalue weighted by Gasteiger charge is 2.35. The minimum absolute atomic E-state index is 0.160. The van der Waals surface area contributed by atoms with E-state index in [1.54, 1.807) is 32.3 Å². The van der Waals surface area contributed by atoms with Gasteiger partial charge in [-0.1, -0.05) is 30.3 Å². The first-order chi connectivity index (χ1) is 12.5. The number of imidazole rings is 1. The van der Waals surface area contributed by atoms with Crippen LogP contribution in [0.4, 0.5) is 10.3 Å². The number of allylic oxidation sites excluding steroid dienone is 1. The number of benzene rings is 2. The Kier molecular flexibility index (Phi) is 3.76. The Morgan fingerprint density at radius 1 is 1.15 bits per heavy atom. The molecule has 6 heteroatoms. The Labute approximate surface area is 150 Å². The van der Waals surface area contributed by atoms with E-state index in [1.165, 1.54) is 11.0 Å². The summed E-state index contributed by atoms with van der Waals surface area (Å²) in [6.45, 7) is 1.83. The van der Waals surface area contributed by atoms with Crippen LogP contribution in [-0.4, -0.2) is 34.5 Å². The van der Waals surface area contributed by atoms with Crippen molar-refractivity contribution < 1.29 is 9.18 Å². The molecule has 1 N–H and O–H groups in total. The molecule has 2 heterocycles. The Morgan fingerprint density at radius 2 is 1.85 bits per heavy atom. The van der Waals surface area contributed by atoms with Gasteiger partial charge < -0.3 is 10.2 Å². The fourth-order valence-electron chi connectivity index (χ4n) is 3.47. The van der Waals surface area contributed by atoms with E-state index in [0.29, 0.717) is 22.8 Å². The number of para-hydroxylation sites is 2. The summed E-state index contributed by atoms with van der Waals surface area (Å²) in [5, 5.41) is 3.22. The number of anilines is 1. The largest absolute Gasteiger partial charge is 0.345 e. The summed E-state index contributed by atoms with van der Waals surface area (Å²) >= 11 is 0. The molecule has 0 saturated heterocycles. The number of carbonyl (C=O) groups excluding carboxylic acids is 1. The summed E-state index contributed by atoms with van der Waals surface area (Å²) in [5.74, 6) is 0.0962. The lowest BCUT2D eigenvalue weighted by Crippen LogP contribution is -2.34.